The van der Waals surface area contributed by atoms with Crippen molar-refractivity contribution in [1.82, 2.24) is 20.1 Å². The molecule has 0 spiro atoms. The summed E-state index contributed by atoms with van der Waals surface area (Å²) in [6, 6.07) is 19.4. The molecule has 2 aromatic carbocycles. The number of benzene rings is 2. The van der Waals surface area contributed by atoms with Crippen molar-refractivity contribution in [2.75, 3.05) is 7.11 Å². The van der Waals surface area contributed by atoms with Crippen LogP contribution >= 0.6 is 0 Å². The minimum atomic E-state index is -0.190. The van der Waals surface area contributed by atoms with Gasteiger partial charge in [0.1, 0.15) is 11.4 Å². The van der Waals surface area contributed by atoms with E-state index in [2.05, 4.69) is 16.4 Å². The Bertz CT molecular complexity index is 1200. The fourth-order valence-electron chi connectivity index (χ4n) is 3.35. The third-order valence-electron chi connectivity index (χ3n) is 5.12. The Kier molecular flexibility index (Phi) is 5.80. The van der Waals surface area contributed by atoms with E-state index in [0.717, 1.165) is 39.4 Å². The lowest BCUT2D eigenvalue weighted by Crippen LogP contribution is -2.25. The monoisotopic (exact) mass is 412 g/mol. The Labute approximate surface area is 181 Å². The van der Waals surface area contributed by atoms with Crippen LogP contribution in [0.15, 0.2) is 73.1 Å². The Balaban J connectivity index is 1.73. The summed E-state index contributed by atoms with van der Waals surface area (Å²) in [7, 11) is 1.63. The number of nitrogens with one attached hydrogen (secondary N) is 1. The highest BCUT2D eigenvalue weighted by Crippen LogP contribution is 2.25. The number of amides is 1. The molecule has 0 aliphatic carbocycles. The lowest BCUT2D eigenvalue weighted by Gasteiger charge is -2.11. The number of carbonyl (C=O) groups is 1. The van der Waals surface area contributed by atoms with Crippen LogP contribution in [0.25, 0.3) is 16.9 Å². The summed E-state index contributed by atoms with van der Waals surface area (Å²) in [4.78, 5) is 17.2. The Morgan fingerprint density at radius 2 is 1.74 bits per heavy atom. The molecule has 0 atom stereocenters. The van der Waals surface area contributed by atoms with E-state index in [-0.39, 0.29) is 5.91 Å². The lowest BCUT2D eigenvalue weighted by atomic mass is 10.1. The van der Waals surface area contributed by atoms with Crippen molar-refractivity contribution in [3.8, 4) is 22.7 Å². The first-order valence-electron chi connectivity index (χ1n) is 10.0. The first-order chi connectivity index (χ1) is 15.0. The van der Waals surface area contributed by atoms with Gasteiger partial charge in [0.25, 0.3) is 5.91 Å². The van der Waals surface area contributed by atoms with Crippen LogP contribution in [0.4, 0.5) is 0 Å². The zero-order chi connectivity index (χ0) is 21.8. The van der Waals surface area contributed by atoms with Crippen LogP contribution in [-0.4, -0.2) is 27.8 Å². The Morgan fingerprint density at radius 3 is 2.45 bits per heavy atom. The molecule has 0 fully saturated rings. The first kappa shape index (κ1) is 20.3. The number of aromatic nitrogens is 3. The molecule has 0 saturated heterocycles. The van der Waals surface area contributed by atoms with Gasteiger partial charge >= 0.3 is 0 Å². The zero-order valence-electron chi connectivity index (χ0n) is 17.8. The van der Waals surface area contributed by atoms with Crippen molar-refractivity contribution in [1.29, 1.82) is 0 Å². The van der Waals surface area contributed by atoms with Crippen molar-refractivity contribution in [2.24, 2.45) is 0 Å². The SMILES string of the molecule is COc1ccc(-c2cc(C(=O)NCc3ccncc3)n(-c3cc(C)ccc3C)n2)cc1. The van der Waals surface area contributed by atoms with Crippen molar-refractivity contribution >= 4 is 5.91 Å². The van der Waals surface area contributed by atoms with Gasteiger partial charge in [0.05, 0.1) is 18.5 Å². The number of nitrogens with zero attached hydrogens (tertiary/aromatic N) is 3. The summed E-state index contributed by atoms with van der Waals surface area (Å²) in [6.45, 7) is 4.46. The van der Waals surface area contributed by atoms with Crippen LogP contribution in [0, 0.1) is 13.8 Å². The molecular weight excluding hydrogens is 388 g/mol. The molecule has 1 N–H and O–H groups in total. The summed E-state index contributed by atoms with van der Waals surface area (Å²) in [5, 5.41) is 7.78. The fourth-order valence-corrected chi connectivity index (χ4v) is 3.35. The maximum atomic E-state index is 13.1. The van der Waals surface area contributed by atoms with Crippen LogP contribution in [0.3, 0.4) is 0 Å². The predicted molar refractivity (Wildman–Crippen MR) is 120 cm³/mol. The predicted octanol–water partition coefficient (Wildman–Crippen LogP) is 4.49. The molecule has 6 nitrogen and oxygen atoms in total. The minimum absolute atomic E-state index is 0.190. The second-order valence-electron chi connectivity index (χ2n) is 7.38. The molecular formula is C25H24N4O2. The molecule has 4 aromatic rings. The molecule has 0 radical (unpaired) electrons. The van der Waals surface area contributed by atoms with E-state index in [4.69, 9.17) is 9.84 Å². The van der Waals surface area contributed by atoms with Gasteiger partial charge in [-0.05, 0) is 79.1 Å². The molecule has 6 heteroatoms. The topological polar surface area (TPSA) is 69.0 Å². The van der Waals surface area contributed by atoms with E-state index in [0.29, 0.717) is 12.2 Å². The highest BCUT2D eigenvalue weighted by Gasteiger charge is 2.19. The summed E-state index contributed by atoms with van der Waals surface area (Å²) in [6.07, 6.45) is 3.42. The second kappa shape index (κ2) is 8.83. The molecule has 4 rings (SSSR count). The number of pyridine rings is 1. The number of aryl methyl sites for hydroxylation is 2. The maximum absolute atomic E-state index is 13.1. The van der Waals surface area contributed by atoms with E-state index in [1.165, 1.54) is 0 Å². The third kappa shape index (κ3) is 4.48. The van der Waals surface area contributed by atoms with Gasteiger partial charge in [-0.3, -0.25) is 9.78 Å². The summed E-state index contributed by atoms with van der Waals surface area (Å²) in [5.74, 6) is 0.581. The Morgan fingerprint density at radius 1 is 1.00 bits per heavy atom. The molecule has 0 aliphatic rings. The summed E-state index contributed by atoms with van der Waals surface area (Å²) < 4.78 is 6.98. The third-order valence-corrected chi connectivity index (χ3v) is 5.12. The molecule has 1 amide bonds. The van der Waals surface area contributed by atoms with E-state index in [1.54, 1.807) is 24.2 Å². The quantitative estimate of drug-likeness (QED) is 0.507. The molecule has 0 saturated carbocycles. The molecule has 31 heavy (non-hydrogen) atoms. The standard InChI is InChI=1S/C25H24N4O2/c1-17-4-5-18(2)23(14-17)29-24(25(30)27-16-19-10-12-26-13-11-19)15-22(28-29)20-6-8-21(31-3)9-7-20/h4-15H,16H2,1-3H3,(H,27,30). The van der Waals surface area contributed by atoms with Gasteiger partial charge in [-0.15, -0.1) is 0 Å². The normalized spacial score (nSPS) is 10.7. The molecule has 0 unspecified atom stereocenters. The van der Waals surface area contributed by atoms with Gasteiger partial charge < -0.3 is 10.1 Å². The van der Waals surface area contributed by atoms with Crippen molar-refractivity contribution in [2.45, 2.75) is 20.4 Å². The first-order valence-corrected chi connectivity index (χ1v) is 10.0. The van der Waals surface area contributed by atoms with Crippen molar-refractivity contribution < 1.29 is 9.53 Å². The van der Waals surface area contributed by atoms with Crippen molar-refractivity contribution in [3.05, 3.63) is 95.4 Å². The number of hydrogen-bond donors (Lipinski definition) is 1. The average Bonchev–Trinajstić information content (AvgIpc) is 3.25. The highest BCUT2D eigenvalue weighted by atomic mass is 16.5. The number of carbonyl (C=O) groups excluding carboxylic acids is 1. The molecule has 2 heterocycles. The van der Waals surface area contributed by atoms with Gasteiger partial charge in [-0.25, -0.2) is 4.68 Å². The van der Waals surface area contributed by atoms with E-state index in [1.807, 2.05) is 68.4 Å². The molecule has 0 bridgehead atoms. The largest absolute Gasteiger partial charge is 0.497 e. The van der Waals surface area contributed by atoms with Gasteiger partial charge in [0.2, 0.25) is 0 Å². The molecule has 156 valence electrons. The second-order valence-corrected chi connectivity index (χ2v) is 7.38. The van der Waals surface area contributed by atoms with E-state index >= 15 is 0 Å². The molecule has 2 aromatic heterocycles. The fraction of sp³-hybridized carbons (Fsp3) is 0.160. The van der Waals surface area contributed by atoms with Crippen LogP contribution in [0.2, 0.25) is 0 Å². The number of ether oxygens (including phenoxy) is 1. The Hall–Kier alpha value is -3.93. The average molecular weight is 412 g/mol. The number of hydrogen-bond acceptors (Lipinski definition) is 4. The zero-order valence-corrected chi connectivity index (χ0v) is 17.8. The van der Waals surface area contributed by atoms with Gasteiger partial charge in [0.15, 0.2) is 0 Å². The minimum Gasteiger partial charge on any atom is -0.497 e. The van der Waals surface area contributed by atoms with Crippen LogP contribution in [-0.2, 0) is 6.54 Å². The number of rotatable bonds is 6. The van der Waals surface area contributed by atoms with Gasteiger partial charge in [0, 0.05) is 24.5 Å². The smallest absolute Gasteiger partial charge is 0.270 e. The molecule has 0 aliphatic heterocycles. The van der Waals surface area contributed by atoms with Gasteiger partial charge in [-0.2, -0.15) is 5.10 Å². The lowest BCUT2D eigenvalue weighted by molar-refractivity contribution is 0.0943. The van der Waals surface area contributed by atoms with Crippen LogP contribution in [0.1, 0.15) is 27.2 Å². The highest BCUT2D eigenvalue weighted by molar-refractivity contribution is 5.94. The van der Waals surface area contributed by atoms with Crippen LogP contribution < -0.4 is 10.1 Å². The summed E-state index contributed by atoms with van der Waals surface area (Å²) in [5.41, 5.74) is 6.12. The van der Waals surface area contributed by atoms with E-state index < -0.39 is 0 Å². The van der Waals surface area contributed by atoms with Crippen LogP contribution in [0.5, 0.6) is 5.75 Å². The summed E-state index contributed by atoms with van der Waals surface area (Å²) >= 11 is 0. The van der Waals surface area contributed by atoms with Gasteiger partial charge in [-0.1, -0.05) is 12.1 Å². The number of methoxy groups -OCH3 is 1. The maximum Gasteiger partial charge on any atom is 0.270 e. The van der Waals surface area contributed by atoms with E-state index in [9.17, 15) is 4.79 Å². The van der Waals surface area contributed by atoms with Crippen molar-refractivity contribution in [3.63, 3.8) is 0 Å².